The zero-order chi connectivity index (χ0) is 14.3. The van der Waals surface area contributed by atoms with Crippen molar-refractivity contribution in [2.24, 2.45) is 5.92 Å². The Balaban J connectivity index is 2.06. The van der Waals surface area contributed by atoms with Gasteiger partial charge in [-0.15, -0.1) is 0 Å². The fourth-order valence-corrected chi connectivity index (χ4v) is 3.36. The normalized spacial score (nSPS) is 18.1. The Morgan fingerprint density at radius 2 is 2.25 bits per heavy atom. The lowest BCUT2D eigenvalue weighted by Gasteiger charge is -2.20. The summed E-state index contributed by atoms with van der Waals surface area (Å²) in [6, 6.07) is 1.93. The third-order valence-corrected chi connectivity index (χ3v) is 4.48. The number of carboxylic acids is 1. The van der Waals surface area contributed by atoms with E-state index in [1.54, 1.807) is 0 Å². The highest BCUT2D eigenvalue weighted by Gasteiger charge is 2.36. The summed E-state index contributed by atoms with van der Waals surface area (Å²) in [6.07, 6.45) is 3.08. The number of ether oxygens (including phenoxy) is 2. The average molecular weight is 297 g/mol. The Labute approximate surface area is 122 Å². The van der Waals surface area contributed by atoms with Gasteiger partial charge < -0.3 is 14.6 Å². The Hall–Kier alpha value is -1.42. The highest BCUT2D eigenvalue weighted by molar-refractivity contribution is 6.33. The molecule has 3 rings (SSSR count). The van der Waals surface area contributed by atoms with E-state index in [2.05, 4.69) is 0 Å². The summed E-state index contributed by atoms with van der Waals surface area (Å²) >= 11 is 6.41. The van der Waals surface area contributed by atoms with E-state index in [0.717, 1.165) is 30.4 Å². The summed E-state index contributed by atoms with van der Waals surface area (Å²) in [5, 5.41) is 9.74. The molecule has 1 atom stereocenters. The van der Waals surface area contributed by atoms with E-state index in [0.29, 0.717) is 22.4 Å². The van der Waals surface area contributed by atoms with Crippen LogP contribution in [0, 0.1) is 5.92 Å². The van der Waals surface area contributed by atoms with Crippen LogP contribution in [0.15, 0.2) is 6.07 Å². The predicted molar refractivity (Wildman–Crippen MR) is 74.7 cm³/mol. The van der Waals surface area contributed by atoms with Crippen LogP contribution in [-0.4, -0.2) is 17.9 Å². The van der Waals surface area contributed by atoms with Crippen LogP contribution in [-0.2, 0) is 11.2 Å². The van der Waals surface area contributed by atoms with Crippen molar-refractivity contribution in [2.75, 3.05) is 6.79 Å². The molecule has 108 valence electrons. The molecule has 0 amide bonds. The van der Waals surface area contributed by atoms with Crippen LogP contribution < -0.4 is 9.47 Å². The second-order valence-corrected chi connectivity index (χ2v) is 5.77. The van der Waals surface area contributed by atoms with Gasteiger partial charge in [0.1, 0.15) is 0 Å². The van der Waals surface area contributed by atoms with E-state index >= 15 is 0 Å². The molecule has 0 bridgehead atoms. The molecule has 1 heterocycles. The number of benzene rings is 1. The van der Waals surface area contributed by atoms with Gasteiger partial charge in [-0.25, -0.2) is 0 Å². The molecule has 0 saturated heterocycles. The van der Waals surface area contributed by atoms with Crippen LogP contribution in [0.25, 0.3) is 0 Å². The van der Waals surface area contributed by atoms with Gasteiger partial charge in [0, 0.05) is 0 Å². The third-order valence-electron chi connectivity index (χ3n) is 4.08. The summed E-state index contributed by atoms with van der Waals surface area (Å²) in [5.74, 6) is 0.940. The van der Waals surface area contributed by atoms with Gasteiger partial charge in [0.25, 0.3) is 0 Å². The maximum absolute atomic E-state index is 11.1. The molecular weight excluding hydrogens is 280 g/mol. The first kappa shape index (κ1) is 13.6. The Morgan fingerprint density at radius 3 is 2.85 bits per heavy atom. The molecule has 20 heavy (non-hydrogen) atoms. The van der Waals surface area contributed by atoms with Gasteiger partial charge in [-0.1, -0.05) is 18.5 Å². The average Bonchev–Trinajstić information content (AvgIpc) is 3.13. The fraction of sp³-hybridized carbons (Fsp3) is 0.533. The van der Waals surface area contributed by atoms with Crippen molar-refractivity contribution in [3.8, 4) is 11.5 Å². The van der Waals surface area contributed by atoms with Gasteiger partial charge in [-0.3, -0.25) is 4.79 Å². The molecule has 2 aliphatic rings. The number of hydrogen-bond acceptors (Lipinski definition) is 3. The molecule has 5 heteroatoms. The highest BCUT2D eigenvalue weighted by atomic mass is 35.5. The van der Waals surface area contributed by atoms with E-state index < -0.39 is 5.97 Å². The van der Waals surface area contributed by atoms with Crippen molar-refractivity contribution in [1.82, 2.24) is 0 Å². The number of hydrogen-bond donors (Lipinski definition) is 1. The number of aliphatic carboxylic acids is 1. The van der Waals surface area contributed by atoms with Crippen molar-refractivity contribution in [2.45, 2.75) is 38.5 Å². The fourth-order valence-electron chi connectivity index (χ4n) is 2.97. The molecule has 1 unspecified atom stereocenters. The predicted octanol–water partition coefficient (Wildman–Crippen LogP) is 3.60. The van der Waals surface area contributed by atoms with Crippen LogP contribution in [0.2, 0.25) is 5.02 Å². The lowest BCUT2D eigenvalue weighted by atomic mass is 9.86. The number of carbonyl (C=O) groups is 1. The first-order chi connectivity index (χ1) is 9.61. The minimum atomic E-state index is -0.766. The number of fused-ring (bicyclic) bond motifs is 1. The quantitative estimate of drug-likeness (QED) is 0.902. The topological polar surface area (TPSA) is 55.8 Å². The van der Waals surface area contributed by atoms with E-state index in [-0.39, 0.29) is 19.1 Å². The second-order valence-electron chi connectivity index (χ2n) is 5.39. The summed E-state index contributed by atoms with van der Waals surface area (Å²) < 4.78 is 10.8. The van der Waals surface area contributed by atoms with E-state index in [1.807, 2.05) is 13.0 Å². The molecule has 1 aliphatic carbocycles. The van der Waals surface area contributed by atoms with E-state index in [1.165, 1.54) is 0 Å². The van der Waals surface area contributed by atoms with Crippen LogP contribution in [0.5, 0.6) is 11.5 Å². The monoisotopic (exact) mass is 296 g/mol. The van der Waals surface area contributed by atoms with Crippen molar-refractivity contribution in [3.63, 3.8) is 0 Å². The van der Waals surface area contributed by atoms with Crippen LogP contribution in [0.4, 0.5) is 0 Å². The van der Waals surface area contributed by atoms with Crippen LogP contribution in [0.3, 0.4) is 0 Å². The van der Waals surface area contributed by atoms with Gasteiger partial charge in [-0.2, -0.15) is 0 Å². The third kappa shape index (κ3) is 2.33. The van der Waals surface area contributed by atoms with Crippen LogP contribution in [0.1, 0.15) is 43.2 Å². The lowest BCUT2D eigenvalue weighted by Crippen LogP contribution is -2.11. The van der Waals surface area contributed by atoms with Gasteiger partial charge in [0.15, 0.2) is 11.5 Å². The van der Waals surface area contributed by atoms with Crippen molar-refractivity contribution >= 4 is 17.6 Å². The SMILES string of the molecule is CCc1c(C(CC(=O)O)C2CC2)cc2c(c1Cl)OCO2. The number of rotatable bonds is 5. The zero-order valence-electron chi connectivity index (χ0n) is 11.3. The van der Waals surface area contributed by atoms with E-state index in [9.17, 15) is 4.79 Å². The van der Waals surface area contributed by atoms with Gasteiger partial charge in [0.2, 0.25) is 6.79 Å². The second kappa shape index (κ2) is 5.17. The van der Waals surface area contributed by atoms with Gasteiger partial charge in [-0.05, 0) is 48.3 Å². The lowest BCUT2D eigenvalue weighted by molar-refractivity contribution is -0.137. The minimum absolute atomic E-state index is 0.0226. The zero-order valence-corrected chi connectivity index (χ0v) is 12.1. The van der Waals surface area contributed by atoms with Crippen molar-refractivity contribution in [3.05, 3.63) is 22.2 Å². The molecule has 1 N–H and O–H groups in total. The highest BCUT2D eigenvalue weighted by Crippen LogP contribution is 2.50. The minimum Gasteiger partial charge on any atom is -0.481 e. The molecular formula is C15H17ClO4. The summed E-state index contributed by atoms with van der Waals surface area (Å²) in [6.45, 7) is 2.20. The summed E-state index contributed by atoms with van der Waals surface area (Å²) in [7, 11) is 0. The molecule has 1 saturated carbocycles. The summed E-state index contributed by atoms with van der Waals surface area (Å²) in [5.41, 5.74) is 2.01. The van der Waals surface area contributed by atoms with Crippen molar-refractivity contribution in [1.29, 1.82) is 0 Å². The summed E-state index contributed by atoms with van der Waals surface area (Å²) in [4.78, 5) is 11.1. The van der Waals surface area contributed by atoms with Gasteiger partial charge in [0.05, 0.1) is 11.4 Å². The molecule has 1 aromatic carbocycles. The first-order valence-corrected chi connectivity index (χ1v) is 7.32. The molecule has 0 aromatic heterocycles. The number of halogens is 1. The Kier molecular flexibility index (Phi) is 3.50. The molecule has 0 radical (unpaired) electrons. The standard InChI is InChI=1S/C15H17ClO4/c1-2-9-11(10(6-13(17)18)8-3-4-8)5-12-15(14(9)16)20-7-19-12/h5,8,10H,2-4,6-7H2,1H3,(H,17,18). The number of carboxylic acid groups (broad SMARTS) is 1. The molecule has 1 aliphatic heterocycles. The smallest absolute Gasteiger partial charge is 0.303 e. The molecule has 1 aromatic rings. The van der Waals surface area contributed by atoms with E-state index in [4.69, 9.17) is 26.2 Å². The Bertz CT molecular complexity index is 551. The van der Waals surface area contributed by atoms with Gasteiger partial charge >= 0.3 is 5.97 Å². The van der Waals surface area contributed by atoms with Crippen LogP contribution >= 0.6 is 11.6 Å². The largest absolute Gasteiger partial charge is 0.481 e. The molecule has 4 nitrogen and oxygen atoms in total. The maximum Gasteiger partial charge on any atom is 0.303 e. The molecule has 0 spiro atoms. The van der Waals surface area contributed by atoms with Crippen molar-refractivity contribution < 1.29 is 19.4 Å². The molecule has 1 fully saturated rings. The maximum atomic E-state index is 11.1. The first-order valence-electron chi connectivity index (χ1n) is 6.94. The Morgan fingerprint density at radius 1 is 1.50 bits per heavy atom.